The van der Waals surface area contributed by atoms with Crippen molar-refractivity contribution in [3.8, 4) is 0 Å². The Morgan fingerprint density at radius 1 is 1.18 bits per heavy atom. The largest absolute Gasteiger partial charge is 0.455 e. The molecule has 1 heterocycles. The molecule has 6 nitrogen and oxygen atoms in total. The number of aryl methyl sites for hydroxylation is 2. The van der Waals surface area contributed by atoms with Crippen molar-refractivity contribution in [1.82, 2.24) is 0 Å². The Kier molecular flexibility index (Phi) is 5.99. The molecule has 0 radical (unpaired) electrons. The number of carbonyl (C=O) groups excluding carboxylic acids is 3. The maximum absolute atomic E-state index is 12.3. The van der Waals surface area contributed by atoms with Crippen LogP contribution in [0.5, 0.6) is 0 Å². The standard InChI is InChI=1S/C21H21ClN2O4/c1-13-7-8-16(9-14(13)2)23-19(25)12-28-21(27)15-10-20(26)24(11-15)18-6-4-3-5-17(18)22/h3-9,15H,10-12H2,1-2H3,(H,23,25)/t15-/m0/s1. The number of rotatable bonds is 5. The number of para-hydroxylation sites is 1. The van der Waals surface area contributed by atoms with E-state index in [1.54, 1.807) is 30.3 Å². The van der Waals surface area contributed by atoms with Crippen LogP contribution in [0.25, 0.3) is 0 Å². The number of hydrogen-bond acceptors (Lipinski definition) is 4. The van der Waals surface area contributed by atoms with E-state index in [1.807, 2.05) is 26.0 Å². The maximum atomic E-state index is 12.3. The van der Waals surface area contributed by atoms with Crippen LogP contribution >= 0.6 is 11.6 Å². The van der Waals surface area contributed by atoms with Gasteiger partial charge in [0.2, 0.25) is 5.91 Å². The number of amides is 2. The molecule has 0 unspecified atom stereocenters. The first kappa shape index (κ1) is 19.9. The SMILES string of the molecule is Cc1ccc(NC(=O)COC(=O)[C@H]2CC(=O)N(c3ccccc3Cl)C2)cc1C. The molecule has 28 heavy (non-hydrogen) atoms. The Morgan fingerprint density at radius 2 is 1.93 bits per heavy atom. The number of anilines is 2. The van der Waals surface area contributed by atoms with Gasteiger partial charge in [0, 0.05) is 18.7 Å². The average Bonchev–Trinajstić information content (AvgIpc) is 3.05. The van der Waals surface area contributed by atoms with Crippen molar-refractivity contribution in [2.45, 2.75) is 20.3 Å². The van der Waals surface area contributed by atoms with Crippen molar-refractivity contribution in [3.63, 3.8) is 0 Å². The van der Waals surface area contributed by atoms with Gasteiger partial charge in [-0.2, -0.15) is 0 Å². The number of halogens is 1. The van der Waals surface area contributed by atoms with Gasteiger partial charge in [0.25, 0.3) is 5.91 Å². The van der Waals surface area contributed by atoms with Crippen LogP contribution in [0.2, 0.25) is 5.02 Å². The van der Waals surface area contributed by atoms with E-state index in [1.165, 1.54) is 4.90 Å². The number of carbonyl (C=O) groups is 3. The molecule has 1 aliphatic heterocycles. The quantitative estimate of drug-likeness (QED) is 0.779. The highest BCUT2D eigenvalue weighted by Crippen LogP contribution is 2.31. The number of ether oxygens (including phenoxy) is 1. The van der Waals surface area contributed by atoms with Crippen LogP contribution in [0.3, 0.4) is 0 Å². The Morgan fingerprint density at radius 3 is 2.64 bits per heavy atom. The van der Waals surface area contributed by atoms with Crippen LogP contribution in [-0.2, 0) is 19.1 Å². The van der Waals surface area contributed by atoms with Gasteiger partial charge in [0.1, 0.15) is 0 Å². The summed E-state index contributed by atoms with van der Waals surface area (Å²) in [7, 11) is 0. The predicted octanol–water partition coefficient (Wildman–Crippen LogP) is 3.49. The summed E-state index contributed by atoms with van der Waals surface area (Å²) in [5.41, 5.74) is 3.39. The van der Waals surface area contributed by atoms with Crippen molar-refractivity contribution < 1.29 is 19.1 Å². The predicted molar refractivity (Wildman–Crippen MR) is 107 cm³/mol. The summed E-state index contributed by atoms with van der Waals surface area (Å²) in [6, 6.07) is 12.5. The molecule has 0 saturated carbocycles. The molecule has 2 amide bonds. The molecule has 0 spiro atoms. The van der Waals surface area contributed by atoms with E-state index in [2.05, 4.69) is 5.32 Å². The zero-order valence-corrected chi connectivity index (χ0v) is 16.5. The van der Waals surface area contributed by atoms with Crippen molar-refractivity contribution in [3.05, 3.63) is 58.6 Å². The van der Waals surface area contributed by atoms with Crippen LogP contribution in [0.15, 0.2) is 42.5 Å². The van der Waals surface area contributed by atoms with Gasteiger partial charge in [0.15, 0.2) is 6.61 Å². The Labute approximate surface area is 168 Å². The first-order valence-corrected chi connectivity index (χ1v) is 9.31. The highest BCUT2D eigenvalue weighted by molar-refractivity contribution is 6.33. The molecule has 2 aromatic carbocycles. The highest BCUT2D eigenvalue weighted by Gasteiger charge is 2.37. The van der Waals surface area contributed by atoms with Gasteiger partial charge in [-0.05, 0) is 49.2 Å². The van der Waals surface area contributed by atoms with Gasteiger partial charge in [-0.25, -0.2) is 0 Å². The fourth-order valence-electron chi connectivity index (χ4n) is 3.04. The van der Waals surface area contributed by atoms with Crippen LogP contribution < -0.4 is 10.2 Å². The van der Waals surface area contributed by atoms with Gasteiger partial charge in [-0.1, -0.05) is 29.8 Å². The van der Waals surface area contributed by atoms with Gasteiger partial charge >= 0.3 is 5.97 Å². The maximum Gasteiger partial charge on any atom is 0.311 e. The van der Waals surface area contributed by atoms with Crippen LogP contribution in [0.1, 0.15) is 17.5 Å². The molecule has 146 valence electrons. The van der Waals surface area contributed by atoms with Crippen LogP contribution in [0.4, 0.5) is 11.4 Å². The lowest BCUT2D eigenvalue weighted by Crippen LogP contribution is -2.28. The van der Waals surface area contributed by atoms with E-state index in [4.69, 9.17) is 16.3 Å². The molecule has 0 aliphatic carbocycles. The molecule has 3 rings (SSSR count). The first-order chi connectivity index (χ1) is 13.3. The van der Waals surface area contributed by atoms with E-state index < -0.39 is 24.4 Å². The van der Waals surface area contributed by atoms with Crippen molar-refractivity contribution in [1.29, 1.82) is 0 Å². The molecule has 1 N–H and O–H groups in total. The summed E-state index contributed by atoms with van der Waals surface area (Å²) < 4.78 is 5.11. The van der Waals surface area contributed by atoms with E-state index in [-0.39, 0.29) is 18.9 Å². The summed E-state index contributed by atoms with van der Waals surface area (Å²) in [6.45, 7) is 3.72. The number of esters is 1. The normalized spacial score (nSPS) is 16.2. The first-order valence-electron chi connectivity index (χ1n) is 8.94. The van der Waals surface area contributed by atoms with Gasteiger partial charge in [-0.3, -0.25) is 14.4 Å². The van der Waals surface area contributed by atoms with Gasteiger partial charge in [0.05, 0.1) is 16.6 Å². The zero-order valence-electron chi connectivity index (χ0n) is 15.7. The van der Waals surface area contributed by atoms with E-state index >= 15 is 0 Å². The molecule has 1 aliphatic rings. The zero-order chi connectivity index (χ0) is 20.3. The number of nitrogens with zero attached hydrogens (tertiary/aromatic N) is 1. The number of hydrogen-bond donors (Lipinski definition) is 1. The molecular weight excluding hydrogens is 380 g/mol. The molecule has 1 fully saturated rings. The lowest BCUT2D eigenvalue weighted by atomic mass is 10.1. The summed E-state index contributed by atoms with van der Waals surface area (Å²) in [5, 5.41) is 3.14. The third-order valence-electron chi connectivity index (χ3n) is 4.74. The minimum Gasteiger partial charge on any atom is -0.455 e. The second-order valence-electron chi connectivity index (χ2n) is 6.81. The molecule has 2 aromatic rings. The fraction of sp³-hybridized carbons (Fsp3) is 0.286. The smallest absolute Gasteiger partial charge is 0.311 e. The summed E-state index contributed by atoms with van der Waals surface area (Å²) in [4.78, 5) is 38.1. The van der Waals surface area contributed by atoms with Crippen LogP contribution in [0, 0.1) is 19.8 Å². The van der Waals surface area contributed by atoms with E-state index in [0.29, 0.717) is 16.4 Å². The second-order valence-corrected chi connectivity index (χ2v) is 7.22. The van der Waals surface area contributed by atoms with Gasteiger partial charge < -0.3 is 15.0 Å². The minimum absolute atomic E-state index is 0.0306. The minimum atomic E-state index is -0.627. The summed E-state index contributed by atoms with van der Waals surface area (Å²) in [6.07, 6.45) is 0.0306. The molecule has 1 atom stereocenters. The van der Waals surface area contributed by atoms with E-state index in [0.717, 1.165) is 11.1 Å². The number of nitrogens with one attached hydrogen (secondary N) is 1. The van der Waals surface area contributed by atoms with Gasteiger partial charge in [-0.15, -0.1) is 0 Å². The summed E-state index contributed by atoms with van der Waals surface area (Å²) >= 11 is 6.13. The molecule has 0 bridgehead atoms. The summed E-state index contributed by atoms with van der Waals surface area (Å²) in [5.74, 6) is -1.82. The Balaban J connectivity index is 1.54. The molecule has 0 aromatic heterocycles. The van der Waals surface area contributed by atoms with Crippen molar-refractivity contribution in [2.24, 2.45) is 5.92 Å². The fourth-order valence-corrected chi connectivity index (χ4v) is 3.28. The third-order valence-corrected chi connectivity index (χ3v) is 5.06. The Hall–Kier alpha value is -2.86. The lowest BCUT2D eigenvalue weighted by Gasteiger charge is -2.17. The lowest BCUT2D eigenvalue weighted by molar-refractivity contribution is -0.151. The van der Waals surface area contributed by atoms with E-state index in [9.17, 15) is 14.4 Å². The van der Waals surface area contributed by atoms with Crippen molar-refractivity contribution in [2.75, 3.05) is 23.4 Å². The molecular formula is C21H21ClN2O4. The molecule has 1 saturated heterocycles. The highest BCUT2D eigenvalue weighted by atomic mass is 35.5. The molecule has 7 heteroatoms. The van der Waals surface area contributed by atoms with Crippen LogP contribution in [-0.4, -0.2) is 30.9 Å². The third kappa shape index (κ3) is 4.51. The number of benzene rings is 2. The average molecular weight is 401 g/mol. The Bertz CT molecular complexity index is 928. The van der Waals surface area contributed by atoms with Crippen molar-refractivity contribution >= 4 is 40.8 Å². The topological polar surface area (TPSA) is 75.7 Å². The second kappa shape index (κ2) is 8.44. The monoisotopic (exact) mass is 400 g/mol.